The Morgan fingerprint density at radius 1 is 1.33 bits per heavy atom. The highest BCUT2D eigenvalue weighted by Crippen LogP contribution is 2.28. The van der Waals surface area contributed by atoms with Crippen LogP contribution < -0.4 is 10.6 Å². The number of hydrogen-bond acceptors (Lipinski definition) is 2. The minimum atomic E-state index is 0.275. The minimum absolute atomic E-state index is 0.275. The number of amides is 1. The average Bonchev–Trinajstić information content (AvgIpc) is 3.17. The van der Waals surface area contributed by atoms with E-state index in [0.717, 1.165) is 37.9 Å². The van der Waals surface area contributed by atoms with Crippen molar-refractivity contribution >= 4 is 11.9 Å². The largest absolute Gasteiger partial charge is 0.356 e. The SMILES string of the molecule is CN=C(NCC1CC(=O)N(CCc2ccccc2)C1)NC1CC1C. The minimum Gasteiger partial charge on any atom is -0.356 e. The van der Waals surface area contributed by atoms with Crippen molar-refractivity contribution in [3.8, 4) is 0 Å². The summed E-state index contributed by atoms with van der Waals surface area (Å²) in [5.41, 5.74) is 1.29. The van der Waals surface area contributed by atoms with Crippen LogP contribution in [0.4, 0.5) is 0 Å². The summed E-state index contributed by atoms with van der Waals surface area (Å²) in [6.45, 7) is 4.70. The zero-order valence-electron chi connectivity index (χ0n) is 14.7. The van der Waals surface area contributed by atoms with Crippen LogP contribution in [0.5, 0.6) is 0 Å². The molecule has 24 heavy (non-hydrogen) atoms. The van der Waals surface area contributed by atoms with Crippen molar-refractivity contribution in [2.24, 2.45) is 16.8 Å². The van der Waals surface area contributed by atoms with Crippen LogP contribution in [0.15, 0.2) is 35.3 Å². The van der Waals surface area contributed by atoms with Crippen LogP contribution in [-0.2, 0) is 11.2 Å². The third kappa shape index (κ3) is 4.49. The maximum Gasteiger partial charge on any atom is 0.223 e. The smallest absolute Gasteiger partial charge is 0.223 e. The topological polar surface area (TPSA) is 56.7 Å². The van der Waals surface area contributed by atoms with Crippen molar-refractivity contribution in [1.29, 1.82) is 0 Å². The van der Waals surface area contributed by atoms with Gasteiger partial charge in [0, 0.05) is 45.1 Å². The first kappa shape index (κ1) is 16.8. The highest BCUT2D eigenvalue weighted by Gasteiger charge is 2.34. The third-order valence-corrected chi connectivity index (χ3v) is 5.02. The second-order valence-corrected chi connectivity index (χ2v) is 7.06. The molecule has 0 aromatic heterocycles. The lowest BCUT2D eigenvalue weighted by molar-refractivity contribution is -0.127. The maximum absolute atomic E-state index is 12.2. The number of hydrogen-bond donors (Lipinski definition) is 2. The summed E-state index contributed by atoms with van der Waals surface area (Å²) in [7, 11) is 1.80. The molecule has 1 aromatic carbocycles. The molecule has 5 nitrogen and oxygen atoms in total. The van der Waals surface area contributed by atoms with E-state index in [1.807, 2.05) is 23.1 Å². The van der Waals surface area contributed by atoms with Gasteiger partial charge in [-0.25, -0.2) is 0 Å². The van der Waals surface area contributed by atoms with Gasteiger partial charge in [-0.2, -0.15) is 0 Å². The Hall–Kier alpha value is -2.04. The first-order chi connectivity index (χ1) is 11.7. The predicted molar refractivity (Wildman–Crippen MR) is 96.9 cm³/mol. The molecule has 1 saturated carbocycles. The summed E-state index contributed by atoms with van der Waals surface area (Å²) in [6.07, 6.45) is 2.78. The summed E-state index contributed by atoms with van der Waals surface area (Å²) in [6, 6.07) is 10.9. The van der Waals surface area contributed by atoms with E-state index < -0.39 is 0 Å². The molecular formula is C19H28N4O. The molecule has 1 aliphatic carbocycles. The molecular weight excluding hydrogens is 300 g/mol. The highest BCUT2D eigenvalue weighted by atomic mass is 16.2. The van der Waals surface area contributed by atoms with E-state index in [1.54, 1.807) is 7.05 Å². The molecule has 1 saturated heterocycles. The van der Waals surface area contributed by atoms with E-state index in [-0.39, 0.29) is 5.91 Å². The number of nitrogens with one attached hydrogen (secondary N) is 2. The van der Waals surface area contributed by atoms with Gasteiger partial charge in [0.2, 0.25) is 5.91 Å². The molecule has 1 aliphatic heterocycles. The van der Waals surface area contributed by atoms with Gasteiger partial charge in [-0.1, -0.05) is 37.3 Å². The Kier molecular flexibility index (Phi) is 5.38. The summed E-state index contributed by atoms with van der Waals surface area (Å²) in [5.74, 6) is 2.24. The van der Waals surface area contributed by atoms with Crippen molar-refractivity contribution in [2.75, 3.05) is 26.7 Å². The molecule has 2 N–H and O–H groups in total. The second kappa shape index (κ2) is 7.69. The van der Waals surface area contributed by atoms with Gasteiger partial charge in [-0.05, 0) is 24.3 Å². The monoisotopic (exact) mass is 328 g/mol. The number of carbonyl (C=O) groups is 1. The number of benzene rings is 1. The van der Waals surface area contributed by atoms with E-state index >= 15 is 0 Å². The summed E-state index contributed by atoms with van der Waals surface area (Å²) in [5, 5.41) is 6.80. The molecule has 2 aliphatic rings. The maximum atomic E-state index is 12.2. The van der Waals surface area contributed by atoms with Crippen LogP contribution >= 0.6 is 0 Å². The lowest BCUT2D eigenvalue weighted by Crippen LogP contribution is -2.41. The van der Waals surface area contributed by atoms with Crippen molar-refractivity contribution in [3.63, 3.8) is 0 Å². The predicted octanol–water partition coefficient (Wildman–Crippen LogP) is 1.65. The van der Waals surface area contributed by atoms with E-state index in [1.165, 1.54) is 12.0 Å². The Morgan fingerprint density at radius 3 is 2.75 bits per heavy atom. The number of aliphatic imine (C=N–C) groups is 1. The van der Waals surface area contributed by atoms with Gasteiger partial charge < -0.3 is 15.5 Å². The number of nitrogens with zero attached hydrogens (tertiary/aromatic N) is 2. The summed E-state index contributed by atoms with van der Waals surface area (Å²) in [4.78, 5) is 18.5. The lowest BCUT2D eigenvalue weighted by atomic mass is 10.1. The Labute approximate surface area is 144 Å². The number of carbonyl (C=O) groups excluding carboxylic acids is 1. The number of likely N-dealkylation sites (tertiary alicyclic amines) is 1. The molecule has 0 spiro atoms. The normalized spacial score (nSPS) is 26.6. The van der Waals surface area contributed by atoms with E-state index in [0.29, 0.717) is 18.4 Å². The van der Waals surface area contributed by atoms with E-state index in [2.05, 4.69) is 34.7 Å². The Bertz CT molecular complexity index is 586. The molecule has 5 heteroatoms. The molecule has 3 unspecified atom stereocenters. The fourth-order valence-electron chi connectivity index (χ4n) is 3.25. The fraction of sp³-hybridized carbons (Fsp3) is 0.579. The van der Waals surface area contributed by atoms with Crippen molar-refractivity contribution in [2.45, 2.75) is 32.2 Å². The van der Waals surface area contributed by atoms with Gasteiger partial charge in [0.25, 0.3) is 0 Å². The first-order valence-electron chi connectivity index (χ1n) is 8.94. The van der Waals surface area contributed by atoms with Crippen molar-refractivity contribution in [1.82, 2.24) is 15.5 Å². The van der Waals surface area contributed by atoms with Crippen molar-refractivity contribution in [3.05, 3.63) is 35.9 Å². The Morgan fingerprint density at radius 2 is 2.08 bits per heavy atom. The van der Waals surface area contributed by atoms with Crippen LogP contribution in [0.1, 0.15) is 25.3 Å². The van der Waals surface area contributed by atoms with Crippen LogP contribution in [0.2, 0.25) is 0 Å². The van der Waals surface area contributed by atoms with Crippen LogP contribution in [0, 0.1) is 11.8 Å². The lowest BCUT2D eigenvalue weighted by Gasteiger charge is -2.18. The quantitative estimate of drug-likeness (QED) is 0.617. The van der Waals surface area contributed by atoms with E-state index in [4.69, 9.17) is 0 Å². The zero-order valence-corrected chi connectivity index (χ0v) is 14.7. The molecule has 130 valence electrons. The summed E-state index contributed by atoms with van der Waals surface area (Å²) < 4.78 is 0. The third-order valence-electron chi connectivity index (χ3n) is 5.02. The highest BCUT2D eigenvalue weighted by molar-refractivity contribution is 5.81. The molecule has 0 radical (unpaired) electrons. The van der Waals surface area contributed by atoms with Crippen LogP contribution in [0.25, 0.3) is 0 Å². The molecule has 1 aromatic rings. The van der Waals surface area contributed by atoms with Gasteiger partial charge in [-0.15, -0.1) is 0 Å². The molecule has 3 rings (SSSR count). The van der Waals surface area contributed by atoms with Gasteiger partial charge in [0.1, 0.15) is 0 Å². The Balaban J connectivity index is 1.41. The number of rotatable bonds is 6. The molecule has 1 heterocycles. The van der Waals surface area contributed by atoms with Gasteiger partial charge in [-0.3, -0.25) is 9.79 Å². The second-order valence-electron chi connectivity index (χ2n) is 7.06. The standard InChI is InChI=1S/C19H28N4O/c1-14-10-17(14)22-19(20-2)21-12-16-11-18(24)23(13-16)9-8-15-6-4-3-5-7-15/h3-7,14,16-17H,8-13H2,1-2H3,(H2,20,21,22). The van der Waals surface area contributed by atoms with E-state index in [9.17, 15) is 4.79 Å². The zero-order chi connectivity index (χ0) is 16.9. The fourth-order valence-corrected chi connectivity index (χ4v) is 3.25. The number of guanidine groups is 1. The summed E-state index contributed by atoms with van der Waals surface area (Å²) >= 11 is 0. The van der Waals surface area contributed by atoms with Crippen molar-refractivity contribution < 1.29 is 4.79 Å². The van der Waals surface area contributed by atoms with Gasteiger partial charge in [0.15, 0.2) is 5.96 Å². The van der Waals surface area contributed by atoms with Crippen LogP contribution in [0.3, 0.4) is 0 Å². The molecule has 2 fully saturated rings. The van der Waals surface area contributed by atoms with Gasteiger partial charge in [0.05, 0.1) is 0 Å². The molecule has 0 bridgehead atoms. The van der Waals surface area contributed by atoms with Crippen LogP contribution in [-0.4, -0.2) is 49.5 Å². The molecule has 3 atom stereocenters. The first-order valence-corrected chi connectivity index (χ1v) is 8.94. The molecule has 1 amide bonds. The average molecular weight is 328 g/mol. The van der Waals surface area contributed by atoms with Gasteiger partial charge >= 0.3 is 0 Å².